The normalized spacial score (nSPS) is 12.1. The quantitative estimate of drug-likeness (QED) is 0.587. The van der Waals surface area contributed by atoms with E-state index in [0.29, 0.717) is 17.8 Å². The van der Waals surface area contributed by atoms with Crippen LogP contribution in [-0.4, -0.2) is 32.1 Å². The van der Waals surface area contributed by atoms with Gasteiger partial charge in [0.1, 0.15) is 5.70 Å². The summed E-state index contributed by atoms with van der Waals surface area (Å²) in [4.78, 5) is 35.3. The van der Waals surface area contributed by atoms with Crippen LogP contribution in [0.15, 0.2) is 36.0 Å². The summed E-state index contributed by atoms with van der Waals surface area (Å²) in [6.07, 6.45) is 1.69. The molecule has 1 amide bonds. The zero-order valence-electron chi connectivity index (χ0n) is 14.2. The van der Waals surface area contributed by atoms with Gasteiger partial charge in [-0.25, -0.2) is 9.59 Å². The van der Waals surface area contributed by atoms with E-state index < -0.39 is 11.9 Å². The van der Waals surface area contributed by atoms with Crippen LogP contribution in [0.4, 0.5) is 11.4 Å². The lowest BCUT2D eigenvalue weighted by Gasteiger charge is -2.16. The van der Waals surface area contributed by atoms with Crippen molar-refractivity contribution in [3.63, 3.8) is 0 Å². The van der Waals surface area contributed by atoms with Crippen molar-refractivity contribution in [3.05, 3.63) is 36.0 Å². The molecule has 1 unspecified atom stereocenters. The van der Waals surface area contributed by atoms with Gasteiger partial charge >= 0.3 is 11.9 Å². The van der Waals surface area contributed by atoms with Crippen LogP contribution >= 0.6 is 0 Å². The Morgan fingerprint density at radius 1 is 1.08 bits per heavy atom. The first-order chi connectivity index (χ1) is 11.4. The van der Waals surface area contributed by atoms with Crippen molar-refractivity contribution in [1.29, 1.82) is 0 Å². The predicted octanol–water partition coefficient (Wildman–Crippen LogP) is 2.31. The van der Waals surface area contributed by atoms with Gasteiger partial charge in [0.05, 0.1) is 31.7 Å². The van der Waals surface area contributed by atoms with Crippen LogP contribution in [0.5, 0.6) is 0 Å². The molecule has 0 aliphatic heterocycles. The van der Waals surface area contributed by atoms with Crippen molar-refractivity contribution in [1.82, 2.24) is 0 Å². The Labute approximate surface area is 141 Å². The van der Waals surface area contributed by atoms with Gasteiger partial charge in [0.2, 0.25) is 5.91 Å². The Hall–Kier alpha value is -2.83. The summed E-state index contributed by atoms with van der Waals surface area (Å²) >= 11 is 0. The minimum absolute atomic E-state index is 0.102. The zero-order chi connectivity index (χ0) is 18.1. The molecule has 0 fully saturated rings. The molecule has 0 saturated heterocycles. The lowest BCUT2D eigenvalue weighted by Crippen LogP contribution is -2.21. The summed E-state index contributed by atoms with van der Waals surface area (Å²) in [6.45, 7) is 3.74. The number of methoxy groups -OCH3 is 2. The molecule has 0 aliphatic carbocycles. The number of nitrogens with one attached hydrogen (secondary N) is 2. The number of amides is 1. The summed E-state index contributed by atoms with van der Waals surface area (Å²) in [6, 6.07) is 6.84. The Bertz CT molecular complexity index is 640. The summed E-state index contributed by atoms with van der Waals surface area (Å²) in [5, 5.41) is 5.59. The van der Waals surface area contributed by atoms with Gasteiger partial charge < -0.3 is 20.1 Å². The molecule has 0 aromatic heterocycles. The van der Waals surface area contributed by atoms with Gasteiger partial charge in [-0.2, -0.15) is 0 Å². The number of benzene rings is 1. The first-order valence-corrected chi connectivity index (χ1v) is 7.47. The molecule has 1 rings (SSSR count). The first-order valence-electron chi connectivity index (χ1n) is 7.47. The first kappa shape index (κ1) is 19.2. The van der Waals surface area contributed by atoms with Crippen molar-refractivity contribution < 1.29 is 23.9 Å². The number of hydrogen-bond donors (Lipinski definition) is 2. The van der Waals surface area contributed by atoms with Gasteiger partial charge in [-0.15, -0.1) is 0 Å². The van der Waals surface area contributed by atoms with Crippen molar-refractivity contribution in [3.8, 4) is 0 Å². The van der Waals surface area contributed by atoms with Gasteiger partial charge in [-0.05, 0) is 18.6 Å². The van der Waals surface area contributed by atoms with Crippen LogP contribution in [0, 0.1) is 5.92 Å². The van der Waals surface area contributed by atoms with E-state index in [2.05, 4.69) is 20.1 Å². The number of carbonyl (C=O) groups excluding carboxylic acids is 3. The molecule has 2 N–H and O–H groups in total. The third kappa shape index (κ3) is 5.42. The average Bonchev–Trinajstić information content (AvgIpc) is 2.60. The highest BCUT2D eigenvalue weighted by molar-refractivity contribution is 6.01. The van der Waals surface area contributed by atoms with Crippen LogP contribution in [0.25, 0.3) is 0 Å². The lowest BCUT2D eigenvalue weighted by atomic mass is 10.1. The van der Waals surface area contributed by atoms with Crippen molar-refractivity contribution in [2.75, 3.05) is 24.9 Å². The van der Waals surface area contributed by atoms with E-state index in [1.807, 2.05) is 13.8 Å². The number of hydrogen-bond acceptors (Lipinski definition) is 6. The van der Waals surface area contributed by atoms with Crippen LogP contribution in [0.3, 0.4) is 0 Å². The van der Waals surface area contributed by atoms with Crippen LogP contribution in [0.2, 0.25) is 0 Å². The van der Waals surface area contributed by atoms with E-state index in [0.717, 1.165) is 6.08 Å². The van der Waals surface area contributed by atoms with Crippen LogP contribution < -0.4 is 10.6 Å². The Balaban J connectivity index is 3.08. The number of carbonyl (C=O) groups is 3. The molecule has 0 radical (unpaired) electrons. The van der Waals surface area contributed by atoms with Crippen molar-refractivity contribution in [2.24, 2.45) is 5.92 Å². The number of rotatable bonds is 7. The number of para-hydroxylation sites is 2. The van der Waals surface area contributed by atoms with Gasteiger partial charge in [0.15, 0.2) is 0 Å². The fraction of sp³-hybridized carbons (Fsp3) is 0.353. The molecule has 0 aliphatic rings. The molecular weight excluding hydrogens is 312 g/mol. The number of ether oxygens (including phenoxy) is 2. The molecule has 24 heavy (non-hydrogen) atoms. The zero-order valence-corrected chi connectivity index (χ0v) is 14.2. The second-order valence-electron chi connectivity index (χ2n) is 5.04. The largest absolute Gasteiger partial charge is 0.466 e. The summed E-state index contributed by atoms with van der Waals surface area (Å²) in [7, 11) is 2.40. The molecule has 1 atom stereocenters. The van der Waals surface area contributed by atoms with Gasteiger partial charge in [-0.1, -0.05) is 26.0 Å². The molecular formula is C17H22N2O5. The molecule has 0 bridgehead atoms. The SMILES string of the molecule is CCC(C)C(=O)Nc1ccccc1N/C(=C/C(=O)OC)C(=O)OC. The summed E-state index contributed by atoms with van der Waals surface area (Å²) < 4.78 is 9.16. The highest BCUT2D eigenvalue weighted by Gasteiger charge is 2.16. The molecule has 1 aromatic carbocycles. The smallest absolute Gasteiger partial charge is 0.354 e. The molecule has 0 heterocycles. The monoisotopic (exact) mass is 334 g/mol. The van der Waals surface area contributed by atoms with E-state index in [1.165, 1.54) is 14.2 Å². The van der Waals surface area contributed by atoms with Gasteiger partial charge in [0, 0.05) is 5.92 Å². The predicted molar refractivity (Wildman–Crippen MR) is 90.3 cm³/mol. The van der Waals surface area contributed by atoms with E-state index in [9.17, 15) is 14.4 Å². The highest BCUT2D eigenvalue weighted by Crippen LogP contribution is 2.24. The maximum Gasteiger partial charge on any atom is 0.354 e. The molecule has 130 valence electrons. The standard InChI is InChI=1S/C17H22N2O5/c1-5-11(2)16(21)19-13-9-7-6-8-12(13)18-14(17(22)24-4)10-15(20)23-3/h6-11,18H,5H2,1-4H3,(H,19,21)/b14-10+. The maximum absolute atomic E-state index is 12.1. The second kappa shape index (κ2) is 9.34. The molecule has 0 spiro atoms. The molecule has 1 aromatic rings. The third-order valence-electron chi connectivity index (χ3n) is 3.38. The lowest BCUT2D eigenvalue weighted by molar-refractivity contribution is -0.138. The maximum atomic E-state index is 12.1. The third-order valence-corrected chi connectivity index (χ3v) is 3.38. The number of esters is 2. The summed E-state index contributed by atoms with van der Waals surface area (Å²) in [5.41, 5.74) is 0.840. The summed E-state index contributed by atoms with van der Waals surface area (Å²) in [5.74, 6) is -1.72. The highest BCUT2D eigenvalue weighted by atomic mass is 16.5. The fourth-order valence-corrected chi connectivity index (χ4v) is 1.72. The molecule has 7 nitrogen and oxygen atoms in total. The van der Waals surface area contributed by atoms with E-state index >= 15 is 0 Å². The van der Waals surface area contributed by atoms with Gasteiger partial charge in [0.25, 0.3) is 0 Å². The van der Waals surface area contributed by atoms with E-state index in [1.54, 1.807) is 24.3 Å². The fourth-order valence-electron chi connectivity index (χ4n) is 1.72. The van der Waals surface area contributed by atoms with Crippen molar-refractivity contribution in [2.45, 2.75) is 20.3 Å². The minimum Gasteiger partial charge on any atom is -0.466 e. The Morgan fingerprint density at radius 3 is 2.17 bits per heavy atom. The second-order valence-corrected chi connectivity index (χ2v) is 5.04. The molecule has 0 saturated carbocycles. The van der Waals surface area contributed by atoms with E-state index in [-0.39, 0.29) is 17.5 Å². The number of anilines is 2. The Kier molecular flexibility index (Phi) is 7.48. The van der Waals surface area contributed by atoms with Crippen molar-refractivity contribution >= 4 is 29.2 Å². The molecule has 7 heteroatoms. The van der Waals surface area contributed by atoms with Crippen LogP contribution in [0.1, 0.15) is 20.3 Å². The average molecular weight is 334 g/mol. The topological polar surface area (TPSA) is 93.7 Å². The van der Waals surface area contributed by atoms with E-state index in [4.69, 9.17) is 0 Å². The van der Waals surface area contributed by atoms with Crippen LogP contribution in [-0.2, 0) is 23.9 Å². The van der Waals surface area contributed by atoms with Gasteiger partial charge in [-0.3, -0.25) is 4.79 Å². The Morgan fingerprint density at radius 2 is 1.67 bits per heavy atom. The minimum atomic E-state index is -0.733.